The molecule has 0 N–H and O–H groups in total. The van der Waals surface area contributed by atoms with Gasteiger partial charge < -0.3 is 0 Å². The van der Waals surface area contributed by atoms with Gasteiger partial charge in [0.05, 0.1) is 0 Å². The van der Waals surface area contributed by atoms with Crippen molar-refractivity contribution in [3.63, 3.8) is 0 Å². The molecule has 1 fully saturated rings. The first-order chi connectivity index (χ1) is 10.0. The monoisotopic (exact) mass is 328 g/mol. The quantitative estimate of drug-likeness (QED) is 0.484. The van der Waals surface area contributed by atoms with E-state index in [4.69, 9.17) is 23.2 Å². The van der Waals surface area contributed by atoms with Crippen LogP contribution in [0.15, 0.2) is 30.3 Å². The molecule has 1 aliphatic rings. The highest BCUT2D eigenvalue weighted by atomic mass is 35.5. The highest BCUT2D eigenvalue weighted by Crippen LogP contribution is 2.36. The summed E-state index contributed by atoms with van der Waals surface area (Å²) in [5.41, 5.74) is -0.931. The molecule has 1 saturated heterocycles. The van der Waals surface area contributed by atoms with Gasteiger partial charge in [-0.25, -0.2) is 14.6 Å². The van der Waals surface area contributed by atoms with E-state index in [1.807, 2.05) is 0 Å². The topological polar surface area (TPSA) is 57.7 Å². The second kappa shape index (κ2) is 6.03. The second-order valence-electron chi connectivity index (χ2n) is 4.61. The van der Waals surface area contributed by atoms with Gasteiger partial charge in [0.2, 0.25) is 0 Å². The molecule has 1 aromatic rings. The Hall–Kier alpha value is -1.59. The van der Waals surface area contributed by atoms with Crippen LogP contribution >= 0.6 is 23.2 Å². The zero-order chi connectivity index (χ0) is 15.6. The molecule has 21 heavy (non-hydrogen) atoms. The van der Waals surface area contributed by atoms with E-state index in [-0.39, 0.29) is 18.4 Å². The van der Waals surface area contributed by atoms with Gasteiger partial charge in [-0.15, -0.1) is 23.2 Å². The van der Waals surface area contributed by atoms with E-state index in [1.54, 1.807) is 37.3 Å². The minimum Gasteiger partial charge on any atom is -0.273 e. The third-order valence-corrected chi connectivity index (χ3v) is 4.20. The number of urea groups is 1. The third-order valence-electron chi connectivity index (χ3n) is 3.72. The van der Waals surface area contributed by atoms with Gasteiger partial charge in [0.25, 0.3) is 11.8 Å². The second-order valence-corrected chi connectivity index (χ2v) is 5.09. The minimum atomic E-state index is -1.46. The van der Waals surface area contributed by atoms with Crippen molar-refractivity contribution in [3.8, 4) is 0 Å². The molecule has 112 valence electrons. The number of carbonyl (C=O) groups is 3. The maximum Gasteiger partial charge on any atom is 0.335 e. The van der Waals surface area contributed by atoms with Crippen LogP contribution in [-0.4, -0.2) is 39.7 Å². The van der Waals surface area contributed by atoms with Crippen LogP contribution in [0.3, 0.4) is 0 Å². The van der Waals surface area contributed by atoms with Crippen LogP contribution in [0.1, 0.15) is 18.9 Å². The number of barbiturate groups is 1. The van der Waals surface area contributed by atoms with E-state index in [9.17, 15) is 14.4 Å². The SMILES string of the molecule is CCC1(c2ccccc2)C(=O)N(CCl)C(=O)N(CCl)C1=O. The summed E-state index contributed by atoms with van der Waals surface area (Å²) in [5.74, 6) is -1.22. The minimum absolute atomic E-state index is 0.211. The summed E-state index contributed by atoms with van der Waals surface area (Å²) in [7, 11) is 0. The maximum atomic E-state index is 12.7. The van der Waals surface area contributed by atoms with Crippen molar-refractivity contribution in [2.24, 2.45) is 0 Å². The van der Waals surface area contributed by atoms with Crippen LogP contribution in [0, 0.1) is 0 Å². The highest BCUT2D eigenvalue weighted by molar-refractivity contribution is 6.29. The number of alkyl halides is 2. The van der Waals surface area contributed by atoms with Crippen molar-refractivity contribution < 1.29 is 14.4 Å². The van der Waals surface area contributed by atoms with Crippen LogP contribution in [-0.2, 0) is 15.0 Å². The summed E-state index contributed by atoms with van der Waals surface area (Å²) in [6.45, 7) is 1.72. The zero-order valence-corrected chi connectivity index (χ0v) is 12.9. The van der Waals surface area contributed by atoms with Crippen molar-refractivity contribution in [3.05, 3.63) is 35.9 Å². The molecule has 5 nitrogen and oxygen atoms in total. The summed E-state index contributed by atoms with van der Waals surface area (Å²) in [6, 6.07) is 7.20. The first-order valence-corrected chi connectivity index (χ1v) is 7.46. The maximum absolute atomic E-state index is 12.7. The van der Waals surface area contributed by atoms with Crippen LogP contribution in [0.25, 0.3) is 0 Å². The number of amides is 4. The van der Waals surface area contributed by atoms with Crippen molar-refractivity contribution in [2.45, 2.75) is 18.8 Å². The molecule has 4 amide bonds. The number of nitrogens with zero attached hydrogens (tertiary/aromatic N) is 2. The van der Waals surface area contributed by atoms with Gasteiger partial charge in [0.1, 0.15) is 12.0 Å². The fourth-order valence-electron chi connectivity index (χ4n) is 2.56. The van der Waals surface area contributed by atoms with Crippen LogP contribution < -0.4 is 0 Å². The fraction of sp³-hybridized carbons (Fsp3) is 0.357. The van der Waals surface area contributed by atoms with Crippen molar-refractivity contribution in [1.82, 2.24) is 9.80 Å². The highest BCUT2D eigenvalue weighted by Gasteiger charge is 2.56. The average molecular weight is 329 g/mol. The van der Waals surface area contributed by atoms with E-state index >= 15 is 0 Å². The third kappa shape index (κ3) is 2.21. The van der Waals surface area contributed by atoms with Crippen LogP contribution in [0.5, 0.6) is 0 Å². The number of hydrogen-bond donors (Lipinski definition) is 0. The number of carbonyl (C=O) groups excluding carboxylic acids is 3. The Labute approximate surface area is 132 Å². The lowest BCUT2D eigenvalue weighted by Crippen LogP contribution is -2.66. The van der Waals surface area contributed by atoms with Crippen molar-refractivity contribution in [1.29, 1.82) is 0 Å². The lowest BCUT2D eigenvalue weighted by Gasteiger charge is -2.42. The summed E-state index contributed by atoms with van der Waals surface area (Å²) >= 11 is 11.4. The Kier molecular flexibility index (Phi) is 4.54. The summed E-state index contributed by atoms with van der Waals surface area (Å²) < 4.78 is 0. The van der Waals surface area contributed by atoms with Crippen LogP contribution in [0.4, 0.5) is 4.79 Å². The van der Waals surface area contributed by atoms with Gasteiger partial charge >= 0.3 is 6.03 Å². The van der Waals surface area contributed by atoms with Gasteiger partial charge in [0, 0.05) is 0 Å². The standard InChI is InChI=1S/C14H14Cl2N2O3/c1-2-14(10-6-4-3-5-7-10)11(19)17(8-15)13(21)18(9-16)12(14)20/h3-7H,2,8-9H2,1H3. The molecule has 0 aliphatic carbocycles. The lowest BCUT2D eigenvalue weighted by molar-refractivity contribution is -0.151. The predicted octanol–water partition coefficient (Wildman–Crippen LogP) is 2.52. The number of benzene rings is 1. The molecule has 0 saturated carbocycles. The molecule has 0 radical (unpaired) electrons. The Bertz CT molecular complexity index is 551. The van der Waals surface area contributed by atoms with Crippen molar-refractivity contribution in [2.75, 3.05) is 12.0 Å². The van der Waals surface area contributed by atoms with E-state index in [0.29, 0.717) is 5.56 Å². The molecule has 2 rings (SSSR count). The Morgan fingerprint density at radius 3 is 1.81 bits per heavy atom. The van der Waals surface area contributed by atoms with Gasteiger partial charge in [-0.3, -0.25) is 9.59 Å². The number of rotatable bonds is 4. The molecule has 7 heteroatoms. The molecule has 0 bridgehead atoms. The molecular formula is C14H14Cl2N2O3. The largest absolute Gasteiger partial charge is 0.335 e. The van der Waals surface area contributed by atoms with Gasteiger partial charge in [-0.1, -0.05) is 37.3 Å². The predicted molar refractivity (Wildman–Crippen MR) is 78.9 cm³/mol. The smallest absolute Gasteiger partial charge is 0.273 e. The molecule has 0 spiro atoms. The molecule has 1 heterocycles. The zero-order valence-electron chi connectivity index (χ0n) is 11.4. The first kappa shape index (κ1) is 15.8. The Morgan fingerprint density at radius 2 is 1.43 bits per heavy atom. The normalized spacial score (nSPS) is 18.3. The van der Waals surface area contributed by atoms with Gasteiger partial charge in [-0.05, 0) is 12.0 Å². The van der Waals surface area contributed by atoms with E-state index in [2.05, 4.69) is 0 Å². The first-order valence-electron chi connectivity index (χ1n) is 6.40. The number of hydrogen-bond acceptors (Lipinski definition) is 3. The summed E-state index contributed by atoms with van der Waals surface area (Å²) in [4.78, 5) is 39.2. The van der Waals surface area contributed by atoms with E-state index in [1.165, 1.54) is 0 Å². The summed E-state index contributed by atoms with van der Waals surface area (Å²) in [5, 5.41) is 0. The van der Waals surface area contributed by atoms with E-state index < -0.39 is 23.3 Å². The Morgan fingerprint density at radius 1 is 0.952 bits per heavy atom. The van der Waals surface area contributed by atoms with Gasteiger partial charge in [-0.2, -0.15) is 0 Å². The van der Waals surface area contributed by atoms with E-state index in [0.717, 1.165) is 9.80 Å². The van der Waals surface area contributed by atoms with Crippen LogP contribution in [0.2, 0.25) is 0 Å². The summed E-state index contributed by atoms with van der Waals surface area (Å²) in [6.07, 6.45) is 0.211. The molecular weight excluding hydrogens is 315 g/mol. The number of halogens is 2. The molecule has 1 aromatic carbocycles. The Balaban J connectivity index is 2.65. The average Bonchev–Trinajstić information content (AvgIpc) is 2.50. The molecule has 1 aliphatic heterocycles. The lowest BCUT2D eigenvalue weighted by atomic mass is 9.74. The molecule has 0 atom stereocenters. The van der Waals surface area contributed by atoms with Gasteiger partial charge in [0.15, 0.2) is 5.41 Å². The fourth-order valence-corrected chi connectivity index (χ4v) is 2.98. The number of imide groups is 2. The molecule has 0 unspecified atom stereocenters. The molecule has 0 aromatic heterocycles. The van der Waals surface area contributed by atoms with Crippen molar-refractivity contribution >= 4 is 41.0 Å².